The minimum absolute atomic E-state index is 0.0318. The number of sulfonamides is 1. The molecule has 2 aromatic carbocycles. The predicted molar refractivity (Wildman–Crippen MR) is 177 cm³/mol. The monoisotopic (exact) mass is 719 g/mol. The van der Waals surface area contributed by atoms with Crippen molar-refractivity contribution in [3.05, 3.63) is 65.7 Å². The Kier molecular flexibility index (Phi) is 16.0. The summed E-state index contributed by atoms with van der Waals surface area (Å²) in [6, 6.07) is 8.60. The van der Waals surface area contributed by atoms with Crippen LogP contribution in [-0.4, -0.2) is 102 Å². The Morgan fingerprint density at radius 1 is 0.720 bits per heavy atom. The van der Waals surface area contributed by atoms with E-state index in [1.165, 1.54) is 31.2 Å². The predicted octanol–water partition coefficient (Wildman–Crippen LogP) is -1.02. The molecule has 18 heteroatoms. The van der Waals surface area contributed by atoms with Gasteiger partial charge < -0.3 is 36.6 Å². The molecule has 17 nitrogen and oxygen atoms in total. The van der Waals surface area contributed by atoms with E-state index in [1.807, 2.05) is 0 Å². The van der Waals surface area contributed by atoms with Gasteiger partial charge in [-0.2, -0.15) is 0 Å². The van der Waals surface area contributed by atoms with E-state index < -0.39 is 101 Å². The summed E-state index contributed by atoms with van der Waals surface area (Å²) in [4.78, 5) is 86.6. The van der Waals surface area contributed by atoms with Gasteiger partial charge in [0.25, 0.3) is 0 Å². The maximum absolute atomic E-state index is 13.2. The lowest BCUT2D eigenvalue weighted by Crippen LogP contribution is -2.57. The lowest BCUT2D eigenvalue weighted by molar-refractivity contribution is -0.141. The van der Waals surface area contributed by atoms with Crippen molar-refractivity contribution in [1.29, 1.82) is 0 Å². The van der Waals surface area contributed by atoms with E-state index in [1.54, 1.807) is 30.3 Å². The molecule has 0 saturated heterocycles. The van der Waals surface area contributed by atoms with Crippen LogP contribution in [0.15, 0.2) is 54.6 Å². The van der Waals surface area contributed by atoms with Crippen LogP contribution >= 0.6 is 0 Å². The Bertz CT molecular complexity index is 1630. The highest BCUT2D eigenvalue weighted by Gasteiger charge is 2.31. The summed E-state index contributed by atoms with van der Waals surface area (Å²) in [5.41, 5.74) is 1.28. The van der Waals surface area contributed by atoms with Crippen molar-refractivity contribution in [2.75, 3.05) is 12.3 Å². The summed E-state index contributed by atoms with van der Waals surface area (Å²) < 4.78 is 27.0. The Morgan fingerprint density at radius 3 is 1.90 bits per heavy atom. The number of carboxylic acid groups (broad SMARTS) is 2. The number of ketones is 1. The standard InChI is InChI=1S/C32H41N5O12S/c1-19(30(45)37-25(17-29(43)44)27(40)18-33-50(48,49)15-14-21-6-4-3-5-7-21)34-31(46)24(12-13-28(41)42)36-32(47)26(35-20(2)38)16-22-8-10-23(39)11-9-22/h3-11,19,24-26,33,39H,12-18H2,1-2H3,(H,34,46)(H,35,38)(H,36,47)(H,37,45)(H,41,42)(H,43,44)/t19-,24-,25-,26-/m0/s1. The Balaban J connectivity index is 2.08. The molecule has 0 fully saturated rings. The fourth-order valence-electron chi connectivity index (χ4n) is 4.50. The third-order valence-electron chi connectivity index (χ3n) is 7.15. The highest BCUT2D eigenvalue weighted by molar-refractivity contribution is 7.89. The quantitative estimate of drug-likeness (QED) is 0.0771. The molecule has 0 aliphatic carbocycles. The zero-order valence-electron chi connectivity index (χ0n) is 27.4. The second-order valence-corrected chi connectivity index (χ2v) is 13.3. The van der Waals surface area contributed by atoms with E-state index in [4.69, 9.17) is 0 Å². The van der Waals surface area contributed by atoms with Crippen molar-refractivity contribution < 1.29 is 57.3 Å². The van der Waals surface area contributed by atoms with Crippen LogP contribution in [0.3, 0.4) is 0 Å². The zero-order valence-corrected chi connectivity index (χ0v) is 28.2. The third kappa shape index (κ3) is 15.2. The fraction of sp³-hybridized carbons (Fsp3) is 0.406. The van der Waals surface area contributed by atoms with Gasteiger partial charge in [-0.25, -0.2) is 13.1 Å². The SMILES string of the molecule is CC(=O)N[C@@H](Cc1ccc(O)cc1)C(=O)N[C@@H](CCC(=O)O)C(=O)N[C@@H](C)C(=O)N[C@@H](CC(=O)O)C(=O)CNS(=O)(=O)CCc1ccccc1. The van der Waals surface area contributed by atoms with Gasteiger partial charge in [0.2, 0.25) is 33.7 Å². The van der Waals surface area contributed by atoms with E-state index in [0.717, 1.165) is 12.5 Å². The molecule has 2 rings (SSSR count). The van der Waals surface area contributed by atoms with Crippen LogP contribution in [-0.2, 0) is 56.4 Å². The molecule has 0 aliphatic rings. The van der Waals surface area contributed by atoms with Gasteiger partial charge in [-0.15, -0.1) is 0 Å². The van der Waals surface area contributed by atoms with E-state index >= 15 is 0 Å². The largest absolute Gasteiger partial charge is 0.508 e. The van der Waals surface area contributed by atoms with Crippen LogP contribution in [0, 0.1) is 0 Å². The third-order valence-corrected chi connectivity index (χ3v) is 8.48. The summed E-state index contributed by atoms with van der Waals surface area (Å²) >= 11 is 0. The molecule has 0 radical (unpaired) electrons. The number of aromatic hydroxyl groups is 1. The number of rotatable bonds is 21. The number of nitrogens with one attached hydrogen (secondary N) is 5. The van der Waals surface area contributed by atoms with Gasteiger partial charge in [0, 0.05) is 19.8 Å². The molecule has 0 unspecified atom stereocenters. The average Bonchev–Trinajstić information content (AvgIpc) is 3.04. The number of benzene rings is 2. The number of carbonyl (C=O) groups is 7. The highest BCUT2D eigenvalue weighted by atomic mass is 32.2. The zero-order chi connectivity index (χ0) is 37.4. The van der Waals surface area contributed by atoms with Crippen molar-refractivity contribution in [3.63, 3.8) is 0 Å². The molecule has 0 aromatic heterocycles. The summed E-state index contributed by atoms with van der Waals surface area (Å²) in [6.07, 6.45) is -1.80. The van der Waals surface area contributed by atoms with Crippen LogP contribution < -0.4 is 26.0 Å². The number of hydrogen-bond acceptors (Lipinski definition) is 10. The Hall–Kier alpha value is -5.36. The van der Waals surface area contributed by atoms with Gasteiger partial charge in [-0.05, 0) is 43.0 Å². The molecule has 8 N–H and O–H groups in total. The normalized spacial score (nSPS) is 13.5. The van der Waals surface area contributed by atoms with Crippen molar-refractivity contribution in [2.45, 2.75) is 70.1 Å². The van der Waals surface area contributed by atoms with Crippen LogP contribution in [0.2, 0.25) is 0 Å². The van der Waals surface area contributed by atoms with E-state index in [9.17, 15) is 57.3 Å². The first-order chi connectivity index (χ1) is 23.5. The maximum Gasteiger partial charge on any atom is 0.305 e. The van der Waals surface area contributed by atoms with Gasteiger partial charge >= 0.3 is 11.9 Å². The second-order valence-electron chi connectivity index (χ2n) is 11.3. The fourth-order valence-corrected chi connectivity index (χ4v) is 5.51. The van der Waals surface area contributed by atoms with Gasteiger partial charge in [-0.1, -0.05) is 42.5 Å². The van der Waals surface area contributed by atoms with Gasteiger partial charge in [-0.3, -0.25) is 33.6 Å². The molecule has 4 amide bonds. The van der Waals surface area contributed by atoms with E-state index in [0.29, 0.717) is 5.56 Å². The van der Waals surface area contributed by atoms with Gasteiger partial charge in [0.15, 0.2) is 5.78 Å². The number of Topliss-reactive ketones (excluding diaryl/α,β-unsaturated/α-hetero) is 1. The first kappa shape index (κ1) is 40.8. The number of hydrogen-bond donors (Lipinski definition) is 8. The highest BCUT2D eigenvalue weighted by Crippen LogP contribution is 2.12. The number of amides is 4. The molecule has 50 heavy (non-hydrogen) atoms. The minimum Gasteiger partial charge on any atom is -0.508 e. The van der Waals surface area contributed by atoms with Gasteiger partial charge in [0.05, 0.1) is 24.8 Å². The van der Waals surface area contributed by atoms with Gasteiger partial charge in [0.1, 0.15) is 23.9 Å². The number of aryl methyl sites for hydroxylation is 1. The van der Waals surface area contributed by atoms with Crippen molar-refractivity contribution in [1.82, 2.24) is 26.0 Å². The van der Waals surface area contributed by atoms with E-state index in [2.05, 4.69) is 26.0 Å². The smallest absolute Gasteiger partial charge is 0.305 e. The average molecular weight is 720 g/mol. The molecule has 272 valence electrons. The topological polar surface area (TPSA) is 274 Å². The molecule has 2 aromatic rings. The molecule has 0 aliphatic heterocycles. The van der Waals surface area contributed by atoms with Crippen molar-refractivity contribution in [3.8, 4) is 5.75 Å². The molecule has 0 bridgehead atoms. The van der Waals surface area contributed by atoms with Crippen molar-refractivity contribution in [2.24, 2.45) is 0 Å². The number of phenols is 1. The van der Waals surface area contributed by atoms with E-state index in [-0.39, 0.29) is 24.3 Å². The number of carboxylic acids is 2. The number of phenolic OH excluding ortho intramolecular Hbond substituents is 1. The minimum atomic E-state index is -3.96. The molecule has 0 saturated carbocycles. The number of aliphatic carboxylic acids is 2. The molecular formula is C32H41N5O12S. The molecular weight excluding hydrogens is 678 g/mol. The second kappa shape index (κ2) is 19.6. The number of carbonyl (C=O) groups excluding carboxylic acids is 5. The first-order valence-corrected chi connectivity index (χ1v) is 17.0. The van der Waals surface area contributed by atoms with Crippen LogP contribution in [0.25, 0.3) is 0 Å². The summed E-state index contributed by atoms with van der Waals surface area (Å²) in [5, 5.41) is 37.3. The molecule has 0 heterocycles. The van der Waals surface area contributed by atoms with Crippen LogP contribution in [0.1, 0.15) is 44.2 Å². The van der Waals surface area contributed by atoms with Crippen LogP contribution in [0.5, 0.6) is 5.75 Å². The van der Waals surface area contributed by atoms with Crippen LogP contribution in [0.4, 0.5) is 0 Å². The molecule has 0 spiro atoms. The summed E-state index contributed by atoms with van der Waals surface area (Å²) in [7, 11) is -3.96. The summed E-state index contributed by atoms with van der Waals surface area (Å²) in [6.45, 7) is 1.53. The lowest BCUT2D eigenvalue weighted by Gasteiger charge is -2.25. The first-order valence-electron chi connectivity index (χ1n) is 15.4. The maximum atomic E-state index is 13.2. The summed E-state index contributed by atoms with van der Waals surface area (Å²) in [5.74, 6) is -7.59. The van der Waals surface area contributed by atoms with Crippen molar-refractivity contribution >= 4 is 51.4 Å². The molecule has 4 atom stereocenters. The lowest BCUT2D eigenvalue weighted by atomic mass is 10.0. The Labute approximate surface area is 288 Å². The Morgan fingerprint density at radius 2 is 1.32 bits per heavy atom.